The van der Waals surface area contributed by atoms with Crippen LogP contribution in [-0.2, 0) is 11.5 Å². The summed E-state index contributed by atoms with van der Waals surface area (Å²) in [5.41, 5.74) is 0.347. The quantitative estimate of drug-likeness (QED) is 0.757. The highest BCUT2D eigenvalue weighted by atomic mass is 35.5. The maximum atomic E-state index is 11.9. The Bertz CT molecular complexity index is 616. The number of halogens is 1. The summed E-state index contributed by atoms with van der Waals surface area (Å²) in [6.07, 6.45) is 2.44. The van der Waals surface area contributed by atoms with Crippen molar-refractivity contribution in [2.75, 3.05) is 20.3 Å². The fraction of sp³-hybridized carbons (Fsp3) is 0.333. The normalized spacial score (nSPS) is 10.5. The molecule has 1 N–H and O–H groups in total. The zero-order valence-electron chi connectivity index (χ0n) is 12.3. The van der Waals surface area contributed by atoms with E-state index in [1.54, 1.807) is 31.5 Å². The molecule has 2 aromatic rings. The summed E-state index contributed by atoms with van der Waals surface area (Å²) >= 11 is 6.00. The predicted octanol–water partition coefficient (Wildman–Crippen LogP) is 2.34. The number of methoxy groups -OCH3 is 1. The average molecular weight is 324 g/mol. The molecule has 1 aromatic heterocycles. The van der Waals surface area contributed by atoms with E-state index in [1.807, 2.05) is 12.1 Å². The number of rotatable bonds is 8. The molecule has 0 unspecified atom stereocenters. The Morgan fingerprint density at radius 3 is 2.95 bits per heavy atom. The molecule has 22 heavy (non-hydrogen) atoms. The second-order valence-electron chi connectivity index (χ2n) is 4.55. The summed E-state index contributed by atoms with van der Waals surface area (Å²) < 4.78 is 12.0. The number of carbonyl (C=O) groups excluding carboxylic acids is 1. The minimum Gasteiger partial charge on any atom is -0.470 e. The first-order chi connectivity index (χ1) is 10.7. The lowest BCUT2D eigenvalue weighted by Crippen LogP contribution is -2.25. The van der Waals surface area contributed by atoms with Crippen LogP contribution >= 0.6 is 11.6 Å². The predicted molar refractivity (Wildman–Crippen MR) is 83.1 cm³/mol. The van der Waals surface area contributed by atoms with Crippen LogP contribution in [0.15, 0.2) is 36.5 Å². The van der Waals surface area contributed by atoms with Gasteiger partial charge in [0.25, 0.3) is 5.91 Å². The molecular formula is C15H18ClN3O3. The van der Waals surface area contributed by atoms with E-state index >= 15 is 0 Å². The minimum absolute atomic E-state index is 0.181. The fourth-order valence-corrected chi connectivity index (χ4v) is 1.95. The number of ether oxygens (including phenoxy) is 2. The molecule has 0 bridgehead atoms. The number of nitrogens with one attached hydrogen (secondary N) is 1. The second kappa shape index (κ2) is 8.41. The third kappa shape index (κ3) is 4.75. The van der Waals surface area contributed by atoms with Crippen molar-refractivity contribution in [3.8, 4) is 5.75 Å². The Morgan fingerprint density at radius 2 is 2.18 bits per heavy atom. The standard InChI is InChI=1S/C15H18ClN3O3/c1-21-10-4-8-17-15(20)13-7-9-19(18-13)11-22-14-6-3-2-5-12(14)16/h2-3,5-7,9H,4,8,10-11H2,1H3,(H,17,20). The highest BCUT2D eigenvalue weighted by molar-refractivity contribution is 6.32. The summed E-state index contributed by atoms with van der Waals surface area (Å²) in [4.78, 5) is 11.9. The second-order valence-corrected chi connectivity index (χ2v) is 4.95. The molecule has 0 saturated carbocycles. The smallest absolute Gasteiger partial charge is 0.271 e. The molecule has 0 aliphatic rings. The van der Waals surface area contributed by atoms with Crippen LogP contribution in [0.3, 0.4) is 0 Å². The zero-order chi connectivity index (χ0) is 15.8. The number of aromatic nitrogens is 2. The molecule has 1 heterocycles. The molecule has 0 aliphatic carbocycles. The van der Waals surface area contributed by atoms with Gasteiger partial charge in [-0.15, -0.1) is 0 Å². The van der Waals surface area contributed by atoms with Gasteiger partial charge in [0.05, 0.1) is 5.02 Å². The SMILES string of the molecule is COCCCNC(=O)c1ccn(COc2ccccc2Cl)n1. The van der Waals surface area contributed by atoms with Crippen molar-refractivity contribution in [1.29, 1.82) is 0 Å². The summed E-state index contributed by atoms with van der Waals surface area (Å²) in [5.74, 6) is 0.359. The number of hydrogen-bond donors (Lipinski definition) is 1. The van der Waals surface area contributed by atoms with Crippen LogP contribution in [0.5, 0.6) is 5.75 Å². The first-order valence-corrected chi connectivity index (χ1v) is 7.26. The largest absolute Gasteiger partial charge is 0.470 e. The van der Waals surface area contributed by atoms with E-state index < -0.39 is 0 Å². The molecule has 0 radical (unpaired) electrons. The van der Waals surface area contributed by atoms with E-state index in [0.29, 0.717) is 29.6 Å². The zero-order valence-corrected chi connectivity index (χ0v) is 13.0. The third-order valence-corrected chi connectivity index (χ3v) is 3.19. The lowest BCUT2D eigenvalue weighted by atomic mass is 10.3. The van der Waals surface area contributed by atoms with Crippen LogP contribution in [0.1, 0.15) is 16.9 Å². The van der Waals surface area contributed by atoms with Gasteiger partial charge >= 0.3 is 0 Å². The van der Waals surface area contributed by atoms with Gasteiger partial charge in [-0.2, -0.15) is 5.10 Å². The number of carbonyl (C=O) groups is 1. The van der Waals surface area contributed by atoms with E-state index in [1.165, 1.54) is 4.68 Å². The monoisotopic (exact) mass is 323 g/mol. The Labute approximate surface area is 134 Å². The molecule has 1 aromatic carbocycles. The Kier molecular flexibility index (Phi) is 6.24. The van der Waals surface area contributed by atoms with Crippen LogP contribution in [0.25, 0.3) is 0 Å². The fourth-order valence-electron chi connectivity index (χ4n) is 1.76. The number of benzene rings is 1. The van der Waals surface area contributed by atoms with Gasteiger partial charge in [0.15, 0.2) is 6.73 Å². The molecule has 6 nitrogen and oxygen atoms in total. The first-order valence-electron chi connectivity index (χ1n) is 6.88. The van der Waals surface area contributed by atoms with Gasteiger partial charge in [0.1, 0.15) is 11.4 Å². The van der Waals surface area contributed by atoms with Crippen molar-refractivity contribution in [3.05, 3.63) is 47.2 Å². The Morgan fingerprint density at radius 1 is 1.36 bits per heavy atom. The van der Waals surface area contributed by atoms with E-state index in [0.717, 1.165) is 6.42 Å². The van der Waals surface area contributed by atoms with Gasteiger partial charge in [-0.1, -0.05) is 23.7 Å². The summed E-state index contributed by atoms with van der Waals surface area (Å²) in [7, 11) is 1.63. The van der Waals surface area contributed by atoms with Crippen molar-refractivity contribution < 1.29 is 14.3 Å². The lowest BCUT2D eigenvalue weighted by Gasteiger charge is -2.07. The third-order valence-electron chi connectivity index (χ3n) is 2.87. The maximum Gasteiger partial charge on any atom is 0.271 e. The molecular weight excluding hydrogens is 306 g/mol. The molecule has 0 atom stereocenters. The first kappa shape index (κ1) is 16.3. The van der Waals surface area contributed by atoms with Crippen LogP contribution < -0.4 is 10.1 Å². The van der Waals surface area contributed by atoms with Crippen molar-refractivity contribution >= 4 is 17.5 Å². The number of amides is 1. The van der Waals surface area contributed by atoms with Gasteiger partial charge in [-0.05, 0) is 24.6 Å². The van der Waals surface area contributed by atoms with Crippen LogP contribution in [0.4, 0.5) is 0 Å². The van der Waals surface area contributed by atoms with E-state index in [2.05, 4.69) is 10.4 Å². The van der Waals surface area contributed by atoms with Gasteiger partial charge in [-0.3, -0.25) is 4.79 Å². The minimum atomic E-state index is -0.215. The molecule has 7 heteroatoms. The Hall–Kier alpha value is -2.05. The van der Waals surface area contributed by atoms with Gasteiger partial charge in [-0.25, -0.2) is 4.68 Å². The van der Waals surface area contributed by atoms with Gasteiger partial charge in [0, 0.05) is 26.5 Å². The number of nitrogens with zero attached hydrogens (tertiary/aromatic N) is 2. The van der Waals surface area contributed by atoms with Crippen molar-refractivity contribution in [2.45, 2.75) is 13.2 Å². The number of hydrogen-bond acceptors (Lipinski definition) is 4. The summed E-state index contributed by atoms with van der Waals surface area (Å²) in [5, 5.41) is 7.47. The molecule has 0 saturated heterocycles. The molecule has 0 spiro atoms. The highest BCUT2D eigenvalue weighted by Crippen LogP contribution is 2.23. The maximum absolute atomic E-state index is 11.9. The van der Waals surface area contributed by atoms with Crippen molar-refractivity contribution in [2.24, 2.45) is 0 Å². The molecule has 0 fully saturated rings. The van der Waals surface area contributed by atoms with Crippen molar-refractivity contribution in [3.63, 3.8) is 0 Å². The summed E-state index contributed by atoms with van der Waals surface area (Å²) in [6.45, 7) is 1.34. The van der Waals surface area contributed by atoms with Crippen molar-refractivity contribution in [1.82, 2.24) is 15.1 Å². The van der Waals surface area contributed by atoms with Crippen LogP contribution in [-0.4, -0.2) is 35.9 Å². The molecule has 118 valence electrons. The topological polar surface area (TPSA) is 65.4 Å². The van der Waals surface area contributed by atoms with E-state index in [4.69, 9.17) is 21.1 Å². The van der Waals surface area contributed by atoms with Crippen LogP contribution in [0.2, 0.25) is 5.02 Å². The molecule has 2 rings (SSSR count). The van der Waals surface area contributed by atoms with Gasteiger partial charge in [0.2, 0.25) is 0 Å². The average Bonchev–Trinajstić information content (AvgIpc) is 3.00. The molecule has 0 aliphatic heterocycles. The van der Waals surface area contributed by atoms with Gasteiger partial charge < -0.3 is 14.8 Å². The van der Waals surface area contributed by atoms with E-state index in [9.17, 15) is 4.79 Å². The highest BCUT2D eigenvalue weighted by Gasteiger charge is 2.09. The number of para-hydroxylation sites is 1. The summed E-state index contributed by atoms with van der Waals surface area (Å²) in [6, 6.07) is 8.83. The molecule has 1 amide bonds. The van der Waals surface area contributed by atoms with Crippen LogP contribution in [0, 0.1) is 0 Å². The Balaban J connectivity index is 1.83. The lowest BCUT2D eigenvalue weighted by molar-refractivity contribution is 0.0941. The van der Waals surface area contributed by atoms with E-state index in [-0.39, 0.29) is 12.6 Å².